The maximum Gasteiger partial charge on any atom is 0.225 e. The average Bonchev–Trinajstić information content (AvgIpc) is 2.19. The van der Waals surface area contributed by atoms with E-state index in [1.165, 1.54) is 12.4 Å². The predicted octanol–water partition coefficient (Wildman–Crippen LogP) is 0.400. The fourth-order valence-electron chi connectivity index (χ4n) is 0.957. The van der Waals surface area contributed by atoms with Crippen LogP contribution in [0, 0.1) is 5.92 Å². The summed E-state index contributed by atoms with van der Waals surface area (Å²) in [6, 6.07) is 0. The van der Waals surface area contributed by atoms with Crippen LogP contribution >= 0.6 is 0 Å². The van der Waals surface area contributed by atoms with E-state index in [0.717, 1.165) is 0 Å². The van der Waals surface area contributed by atoms with Crippen LogP contribution in [0.15, 0.2) is 18.6 Å². The maximum atomic E-state index is 11.3. The summed E-state index contributed by atoms with van der Waals surface area (Å²) in [5.74, 6) is 0.580. The number of carbonyl (C=O) groups excluding carboxylic acids is 1. The standard InChI is InChI=1S/C9H14N4O/c1-7(5-10)4-9(14)13-8-6-11-2-3-12-8/h2-3,6-7H,4-5,10H2,1H3,(H,12,13,14). The van der Waals surface area contributed by atoms with E-state index in [1.54, 1.807) is 6.20 Å². The van der Waals surface area contributed by atoms with Crippen molar-refractivity contribution in [2.24, 2.45) is 11.7 Å². The molecule has 1 aromatic rings. The molecule has 1 atom stereocenters. The van der Waals surface area contributed by atoms with Gasteiger partial charge in [0.25, 0.3) is 0 Å². The average molecular weight is 194 g/mol. The molecule has 0 fully saturated rings. The molecule has 1 heterocycles. The second-order valence-electron chi connectivity index (χ2n) is 3.18. The Morgan fingerprint density at radius 3 is 3.00 bits per heavy atom. The van der Waals surface area contributed by atoms with Crippen molar-refractivity contribution in [1.29, 1.82) is 0 Å². The molecule has 1 unspecified atom stereocenters. The smallest absolute Gasteiger partial charge is 0.225 e. The Morgan fingerprint density at radius 1 is 1.64 bits per heavy atom. The zero-order valence-electron chi connectivity index (χ0n) is 8.10. The van der Waals surface area contributed by atoms with E-state index >= 15 is 0 Å². The minimum atomic E-state index is -0.0801. The Bertz CT molecular complexity index is 288. The molecule has 0 aliphatic rings. The molecule has 76 valence electrons. The van der Waals surface area contributed by atoms with Gasteiger partial charge < -0.3 is 11.1 Å². The summed E-state index contributed by atoms with van der Waals surface area (Å²) >= 11 is 0. The van der Waals surface area contributed by atoms with Crippen LogP contribution in [0.5, 0.6) is 0 Å². The summed E-state index contributed by atoms with van der Waals surface area (Å²) in [6.07, 6.45) is 5.00. The number of hydrogen-bond donors (Lipinski definition) is 2. The number of aromatic nitrogens is 2. The van der Waals surface area contributed by atoms with E-state index in [4.69, 9.17) is 5.73 Å². The second-order valence-corrected chi connectivity index (χ2v) is 3.18. The highest BCUT2D eigenvalue weighted by Gasteiger charge is 2.07. The first-order valence-corrected chi connectivity index (χ1v) is 4.48. The van der Waals surface area contributed by atoms with Gasteiger partial charge in [-0.15, -0.1) is 0 Å². The molecule has 0 bridgehead atoms. The van der Waals surface area contributed by atoms with Crippen LogP contribution in [-0.4, -0.2) is 22.4 Å². The van der Waals surface area contributed by atoms with E-state index in [1.807, 2.05) is 6.92 Å². The van der Waals surface area contributed by atoms with Crippen LogP contribution in [0.4, 0.5) is 5.82 Å². The fraction of sp³-hybridized carbons (Fsp3) is 0.444. The topological polar surface area (TPSA) is 80.9 Å². The third kappa shape index (κ3) is 3.49. The molecule has 0 aromatic carbocycles. The number of hydrogen-bond acceptors (Lipinski definition) is 4. The molecule has 1 aromatic heterocycles. The second kappa shape index (κ2) is 5.29. The zero-order valence-corrected chi connectivity index (χ0v) is 8.10. The maximum absolute atomic E-state index is 11.3. The van der Waals surface area contributed by atoms with Crippen molar-refractivity contribution < 1.29 is 4.79 Å². The van der Waals surface area contributed by atoms with Crippen LogP contribution in [-0.2, 0) is 4.79 Å². The Hall–Kier alpha value is -1.49. The van der Waals surface area contributed by atoms with Gasteiger partial charge in [0.05, 0.1) is 6.20 Å². The minimum absolute atomic E-state index is 0.0801. The first kappa shape index (κ1) is 10.6. The van der Waals surface area contributed by atoms with Gasteiger partial charge in [-0.05, 0) is 12.5 Å². The van der Waals surface area contributed by atoms with Gasteiger partial charge in [-0.1, -0.05) is 6.92 Å². The monoisotopic (exact) mass is 194 g/mol. The molecule has 3 N–H and O–H groups in total. The summed E-state index contributed by atoms with van der Waals surface area (Å²) in [6.45, 7) is 2.43. The van der Waals surface area contributed by atoms with Gasteiger partial charge in [0.2, 0.25) is 5.91 Å². The molecule has 0 radical (unpaired) electrons. The van der Waals surface area contributed by atoms with Gasteiger partial charge in [0, 0.05) is 18.8 Å². The van der Waals surface area contributed by atoms with Crippen LogP contribution in [0.3, 0.4) is 0 Å². The van der Waals surface area contributed by atoms with Crippen molar-refractivity contribution in [3.63, 3.8) is 0 Å². The largest absolute Gasteiger partial charge is 0.330 e. The molecule has 5 nitrogen and oxygen atoms in total. The number of rotatable bonds is 4. The third-order valence-electron chi connectivity index (χ3n) is 1.77. The SMILES string of the molecule is CC(CN)CC(=O)Nc1cnccn1. The van der Waals surface area contributed by atoms with E-state index in [9.17, 15) is 4.79 Å². The third-order valence-corrected chi connectivity index (χ3v) is 1.77. The van der Waals surface area contributed by atoms with Gasteiger partial charge in [-0.2, -0.15) is 0 Å². The quantitative estimate of drug-likeness (QED) is 0.727. The number of anilines is 1. The van der Waals surface area contributed by atoms with Crippen molar-refractivity contribution in [2.45, 2.75) is 13.3 Å². The van der Waals surface area contributed by atoms with Crippen molar-refractivity contribution in [1.82, 2.24) is 9.97 Å². The Morgan fingerprint density at radius 2 is 2.43 bits per heavy atom. The van der Waals surface area contributed by atoms with Gasteiger partial charge in [-0.3, -0.25) is 9.78 Å². The molecule has 5 heteroatoms. The van der Waals surface area contributed by atoms with Gasteiger partial charge in [-0.25, -0.2) is 4.98 Å². The molecule has 0 saturated heterocycles. The number of amides is 1. The lowest BCUT2D eigenvalue weighted by atomic mass is 10.1. The lowest BCUT2D eigenvalue weighted by Crippen LogP contribution is -2.20. The molecule has 0 spiro atoms. The van der Waals surface area contributed by atoms with Crippen LogP contribution in [0.2, 0.25) is 0 Å². The van der Waals surface area contributed by atoms with Gasteiger partial charge in [0.15, 0.2) is 5.82 Å². The molecule has 1 amide bonds. The van der Waals surface area contributed by atoms with E-state index < -0.39 is 0 Å². The normalized spacial score (nSPS) is 12.1. The molecular weight excluding hydrogens is 180 g/mol. The fourth-order valence-corrected chi connectivity index (χ4v) is 0.957. The van der Waals surface area contributed by atoms with Crippen molar-refractivity contribution >= 4 is 11.7 Å². The Kier molecular flexibility index (Phi) is 4.00. The number of nitrogens with one attached hydrogen (secondary N) is 1. The van der Waals surface area contributed by atoms with Gasteiger partial charge in [0.1, 0.15) is 0 Å². The minimum Gasteiger partial charge on any atom is -0.330 e. The Balaban J connectivity index is 2.42. The summed E-state index contributed by atoms with van der Waals surface area (Å²) < 4.78 is 0. The zero-order chi connectivity index (χ0) is 10.4. The summed E-state index contributed by atoms with van der Waals surface area (Å²) in [7, 11) is 0. The van der Waals surface area contributed by atoms with Crippen molar-refractivity contribution in [3.8, 4) is 0 Å². The molecular formula is C9H14N4O. The molecule has 0 saturated carbocycles. The molecule has 1 rings (SSSR count). The summed E-state index contributed by atoms with van der Waals surface area (Å²) in [4.78, 5) is 19.1. The summed E-state index contributed by atoms with van der Waals surface area (Å²) in [5, 5.41) is 2.64. The van der Waals surface area contributed by atoms with E-state index in [-0.39, 0.29) is 11.8 Å². The first-order chi connectivity index (χ1) is 6.72. The van der Waals surface area contributed by atoms with Crippen LogP contribution < -0.4 is 11.1 Å². The van der Waals surface area contributed by atoms with Crippen LogP contribution in [0.25, 0.3) is 0 Å². The highest BCUT2D eigenvalue weighted by atomic mass is 16.1. The molecule has 0 aliphatic heterocycles. The summed E-state index contributed by atoms with van der Waals surface area (Å²) in [5.41, 5.74) is 5.41. The molecule has 14 heavy (non-hydrogen) atoms. The number of carbonyl (C=O) groups is 1. The highest BCUT2D eigenvalue weighted by Crippen LogP contribution is 2.03. The first-order valence-electron chi connectivity index (χ1n) is 4.48. The highest BCUT2D eigenvalue weighted by molar-refractivity contribution is 5.89. The Labute approximate surface area is 82.7 Å². The number of nitrogens with two attached hydrogens (primary N) is 1. The lowest BCUT2D eigenvalue weighted by Gasteiger charge is -2.07. The number of nitrogens with zero attached hydrogens (tertiary/aromatic N) is 2. The van der Waals surface area contributed by atoms with Crippen molar-refractivity contribution in [3.05, 3.63) is 18.6 Å². The van der Waals surface area contributed by atoms with E-state index in [2.05, 4.69) is 15.3 Å². The van der Waals surface area contributed by atoms with Crippen LogP contribution in [0.1, 0.15) is 13.3 Å². The van der Waals surface area contributed by atoms with Crippen molar-refractivity contribution in [2.75, 3.05) is 11.9 Å². The lowest BCUT2D eigenvalue weighted by molar-refractivity contribution is -0.116. The molecule has 0 aliphatic carbocycles. The van der Waals surface area contributed by atoms with Gasteiger partial charge >= 0.3 is 0 Å². The predicted molar refractivity (Wildman–Crippen MR) is 53.5 cm³/mol. The van der Waals surface area contributed by atoms with E-state index in [0.29, 0.717) is 18.8 Å².